The number of benzene rings is 1. The molecular formula is C15H19N3O. The number of nitrogens with one attached hydrogen (secondary N) is 1. The van der Waals surface area contributed by atoms with Gasteiger partial charge in [0.1, 0.15) is 0 Å². The molecule has 3 rings (SSSR count). The molecule has 4 heteroatoms. The minimum absolute atomic E-state index is 0.0122. The summed E-state index contributed by atoms with van der Waals surface area (Å²) >= 11 is 0. The predicted molar refractivity (Wildman–Crippen MR) is 73.8 cm³/mol. The van der Waals surface area contributed by atoms with Crippen molar-refractivity contribution in [2.45, 2.75) is 31.6 Å². The van der Waals surface area contributed by atoms with E-state index in [9.17, 15) is 0 Å². The summed E-state index contributed by atoms with van der Waals surface area (Å²) in [7, 11) is 0. The number of piperidine rings is 1. The lowest BCUT2D eigenvalue weighted by Crippen LogP contribution is -2.43. The SMILES string of the molecule is CCC1(c2nc(-c3ccccc3)no2)CCCNC1. The normalized spacial score (nSPS) is 23.4. The summed E-state index contributed by atoms with van der Waals surface area (Å²) in [5.41, 5.74) is 1.02. The maximum absolute atomic E-state index is 5.55. The van der Waals surface area contributed by atoms with Crippen LogP contribution in [0.15, 0.2) is 34.9 Å². The molecule has 19 heavy (non-hydrogen) atoms. The molecule has 4 nitrogen and oxygen atoms in total. The zero-order valence-corrected chi connectivity index (χ0v) is 11.2. The van der Waals surface area contributed by atoms with Gasteiger partial charge < -0.3 is 9.84 Å². The number of hydrogen-bond acceptors (Lipinski definition) is 4. The van der Waals surface area contributed by atoms with Gasteiger partial charge in [-0.2, -0.15) is 4.98 Å². The Labute approximate surface area is 113 Å². The molecule has 100 valence electrons. The van der Waals surface area contributed by atoms with E-state index in [2.05, 4.69) is 22.4 Å². The average Bonchev–Trinajstić information content (AvgIpc) is 2.99. The molecule has 1 fully saturated rings. The van der Waals surface area contributed by atoms with Crippen LogP contribution >= 0.6 is 0 Å². The van der Waals surface area contributed by atoms with Crippen LogP contribution < -0.4 is 5.32 Å². The molecule has 1 aromatic heterocycles. The van der Waals surface area contributed by atoms with Gasteiger partial charge in [0.15, 0.2) is 0 Å². The van der Waals surface area contributed by atoms with Crippen molar-refractivity contribution in [2.75, 3.05) is 13.1 Å². The second kappa shape index (κ2) is 5.13. The van der Waals surface area contributed by atoms with Crippen molar-refractivity contribution in [3.8, 4) is 11.4 Å². The van der Waals surface area contributed by atoms with E-state index in [1.54, 1.807) is 0 Å². The highest BCUT2D eigenvalue weighted by Gasteiger charge is 2.37. The van der Waals surface area contributed by atoms with E-state index in [1.807, 2.05) is 30.3 Å². The van der Waals surface area contributed by atoms with Gasteiger partial charge in [-0.1, -0.05) is 42.4 Å². The highest BCUT2D eigenvalue weighted by Crippen LogP contribution is 2.34. The van der Waals surface area contributed by atoms with Crippen molar-refractivity contribution in [1.82, 2.24) is 15.5 Å². The van der Waals surface area contributed by atoms with Crippen molar-refractivity contribution in [2.24, 2.45) is 0 Å². The van der Waals surface area contributed by atoms with Gasteiger partial charge in [0.2, 0.25) is 11.7 Å². The number of nitrogens with zero attached hydrogens (tertiary/aromatic N) is 2. The molecule has 1 N–H and O–H groups in total. The van der Waals surface area contributed by atoms with Gasteiger partial charge in [-0.15, -0.1) is 0 Å². The molecule has 0 aliphatic carbocycles. The molecule has 0 saturated carbocycles. The Bertz CT molecular complexity index is 529. The summed E-state index contributed by atoms with van der Waals surface area (Å²) in [6, 6.07) is 9.98. The first-order chi connectivity index (χ1) is 9.34. The maximum Gasteiger partial charge on any atom is 0.234 e. The third kappa shape index (κ3) is 2.28. The van der Waals surface area contributed by atoms with Gasteiger partial charge in [-0.05, 0) is 25.8 Å². The Morgan fingerprint density at radius 2 is 2.16 bits per heavy atom. The van der Waals surface area contributed by atoms with Gasteiger partial charge in [0, 0.05) is 12.1 Å². The van der Waals surface area contributed by atoms with Crippen molar-refractivity contribution in [3.05, 3.63) is 36.2 Å². The van der Waals surface area contributed by atoms with Crippen molar-refractivity contribution >= 4 is 0 Å². The largest absolute Gasteiger partial charge is 0.338 e. The molecule has 0 radical (unpaired) electrons. The summed E-state index contributed by atoms with van der Waals surface area (Å²) in [5.74, 6) is 1.47. The Kier molecular flexibility index (Phi) is 3.34. The van der Waals surface area contributed by atoms with Gasteiger partial charge in [0.05, 0.1) is 5.41 Å². The van der Waals surface area contributed by atoms with Crippen LogP contribution in [0.2, 0.25) is 0 Å². The van der Waals surface area contributed by atoms with Crippen molar-refractivity contribution in [1.29, 1.82) is 0 Å². The minimum Gasteiger partial charge on any atom is -0.338 e. The second-order valence-electron chi connectivity index (χ2n) is 5.20. The molecule has 1 saturated heterocycles. The van der Waals surface area contributed by atoms with Gasteiger partial charge in [-0.3, -0.25) is 0 Å². The summed E-state index contributed by atoms with van der Waals surface area (Å²) in [4.78, 5) is 4.63. The van der Waals surface area contributed by atoms with E-state index in [0.717, 1.165) is 43.8 Å². The second-order valence-corrected chi connectivity index (χ2v) is 5.20. The van der Waals surface area contributed by atoms with Crippen molar-refractivity contribution in [3.63, 3.8) is 0 Å². The Hall–Kier alpha value is -1.68. The molecule has 1 unspecified atom stereocenters. The standard InChI is InChI=1S/C15H19N3O/c1-2-15(9-6-10-16-11-15)14-17-13(18-19-14)12-7-4-3-5-8-12/h3-5,7-8,16H,2,6,9-11H2,1H3. The summed E-state index contributed by atoms with van der Waals surface area (Å²) < 4.78 is 5.55. The number of hydrogen-bond donors (Lipinski definition) is 1. The topological polar surface area (TPSA) is 51.0 Å². The highest BCUT2D eigenvalue weighted by atomic mass is 16.5. The molecule has 1 aliphatic rings. The van der Waals surface area contributed by atoms with E-state index >= 15 is 0 Å². The van der Waals surface area contributed by atoms with Crippen LogP contribution in [0.25, 0.3) is 11.4 Å². The highest BCUT2D eigenvalue weighted by molar-refractivity contribution is 5.53. The number of rotatable bonds is 3. The van der Waals surface area contributed by atoms with E-state index in [-0.39, 0.29) is 5.41 Å². The maximum atomic E-state index is 5.55. The minimum atomic E-state index is 0.0122. The molecule has 1 aliphatic heterocycles. The first-order valence-electron chi connectivity index (χ1n) is 6.94. The van der Waals surface area contributed by atoms with Crippen LogP contribution in [0.3, 0.4) is 0 Å². The molecule has 0 bridgehead atoms. The van der Waals surface area contributed by atoms with Gasteiger partial charge in [-0.25, -0.2) is 0 Å². The molecule has 0 amide bonds. The molecular weight excluding hydrogens is 238 g/mol. The van der Waals surface area contributed by atoms with Crippen LogP contribution in [0, 0.1) is 0 Å². The Balaban J connectivity index is 1.92. The summed E-state index contributed by atoms with van der Waals surface area (Å²) in [6.45, 7) is 4.21. The fraction of sp³-hybridized carbons (Fsp3) is 0.467. The molecule has 1 atom stereocenters. The van der Waals surface area contributed by atoms with E-state index in [4.69, 9.17) is 4.52 Å². The Morgan fingerprint density at radius 3 is 2.84 bits per heavy atom. The van der Waals surface area contributed by atoms with Crippen LogP contribution in [0.1, 0.15) is 32.1 Å². The first kappa shape index (κ1) is 12.4. The Morgan fingerprint density at radius 1 is 1.32 bits per heavy atom. The molecule has 2 heterocycles. The van der Waals surface area contributed by atoms with Gasteiger partial charge in [0.25, 0.3) is 0 Å². The van der Waals surface area contributed by atoms with Gasteiger partial charge >= 0.3 is 0 Å². The van der Waals surface area contributed by atoms with E-state index in [0.29, 0.717) is 5.82 Å². The first-order valence-corrected chi connectivity index (χ1v) is 6.94. The van der Waals surface area contributed by atoms with Crippen LogP contribution in [-0.2, 0) is 5.41 Å². The average molecular weight is 257 g/mol. The number of aromatic nitrogens is 2. The third-order valence-corrected chi connectivity index (χ3v) is 4.06. The monoisotopic (exact) mass is 257 g/mol. The zero-order chi connectivity index (χ0) is 13.1. The lowest BCUT2D eigenvalue weighted by atomic mass is 9.78. The lowest BCUT2D eigenvalue weighted by molar-refractivity contribution is 0.221. The zero-order valence-electron chi connectivity index (χ0n) is 11.2. The van der Waals surface area contributed by atoms with Crippen LogP contribution in [0.5, 0.6) is 0 Å². The third-order valence-electron chi connectivity index (χ3n) is 4.06. The van der Waals surface area contributed by atoms with Crippen molar-refractivity contribution < 1.29 is 4.52 Å². The fourth-order valence-corrected chi connectivity index (χ4v) is 2.75. The fourth-order valence-electron chi connectivity index (χ4n) is 2.75. The van der Waals surface area contributed by atoms with Crippen LogP contribution in [0.4, 0.5) is 0 Å². The van der Waals surface area contributed by atoms with E-state index < -0.39 is 0 Å². The molecule has 2 aromatic rings. The smallest absolute Gasteiger partial charge is 0.234 e. The lowest BCUT2D eigenvalue weighted by Gasteiger charge is -2.33. The molecule has 0 spiro atoms. The predicted octanol–water partition coefficient (Wildman–Crippen LogP) is 2.77. The summed E-state index contributed by atoms with van der Waals surface area (Å²) in [6.07, 6.45) is 3.31. The molecule has 1 aromatic carbocycles. The summed E-state index contributed by atoms with van der Waals surface area (Å²) in [5, 5.41) is 7.59. The van der Waals surface area contributed by atoms with E-state index in [1.165, 1.54) is 0 Å². The quantitative estimate of drug-likeness (QED) is 0.918. The van der Waals surface area contributed by atoms with Crippen LogP contribution in [-0.4, -0.2) is 23.2 Å².